The van der Waals surface area contributed by atoms with Crippen molar-refractivity contribution in [3.05, 3.63) is 42.3 Å². The Labute approximate surface area is 76.6 Å². The van der Waals surface area contributed by atoms with E-state index < -0.39 is 5.97 Å². The van der Waals surface area contributed by atoms with Crippen molar-refractivity contribution in [2.24, 2.45) is 0 Å². The lowest BCUT2D eigenvalue weighted by atomic mass is 10.1. The molecule has 0 bridgehead atoms. The van der Waals surface area contributed by atoms with E-state index in [1.54, 1.807) is 24.3 Å². The molecule has 65 valence electrons. The predicted molar refractivity (Wildman–Crippen MR) is 46.8 cm³/mol. The van der Waals surface area contributed by atoms with Crippen LogP contribution in [0.25, 0.3) is 0 Å². The van der Waals surface area contributed by atoms with E-state index in [-0.39, 0.29) is 6.61 Å². The lowest BCUT2D eigenvalue weighted by molar-refractivity contribution is 0.0547. The number of esters is 1. The van der Waals surface area contributed by atoms with E-state index in [9.17, 15) is 4.79 Å². The molecule has 13 heavy (non-hydrogen) atoms. The number of benzene rings is 1. The van der Waals surface area contributed by atoms with Crippen LogP contribution in [0, 0.1) is 18.3 Å². The molecule has 0 unspecified atom stereocenters. The van der Waals surface area contributed by atoms with Crippen molar-refractivity contribution < 1.29 is 9.53 Å². The molecular weight excluding hydrogens is 166 g/mol. The largest absolute Gasteiger partial charge is 0.462 e. The highest BCUT2D eigenvalue weighted by Gasteiger charge is 2.04. The van der Waals surface area contributed by atoms with E-state index in [4.69, 9.17) is 5.26 Å². The molecule has 1 radical (unpaired) electrons. The van der Waals surface area contributed by atoms with Gasteiger partial charge in [-0.2, -0.15) is 5.26 Å². The van der Waals surface area contributed by atoms with Crippen molar-refractivity contribution in [1.29, 1.82) is 5.26 Å². The van der Waals surface area contributed by atoms with Crippen LogP contribution in [-0.2, 0) is 4.74 Å². The molecule has 1 aromatic carbocycles. The maximum atomic E-state index is 11.1. The fourth-order valence-electron chi connectivity index (χ4n) is 0.857. The van der Waals surface area contributed by atoms with Gasteiger partial charge >= 0.3 is 5.97 Å². The Balaban J connectivity index is 2.81. The minimum absolute atomic E-state index is 0.110. The van der Waals surface area contributed by atoms with Gasteiger partial charge in [0.05, 0.1) is 23.8 Å². The molecule has 1 aromatic rings. The summed E-state index contributed by atoms with van der Waals surface area (Å²) in [6.07, 6.45) is 0. The van der Waals surface area contributed by atoms with Crippen LogP contribution in [-0.4, -0.2) is 12.6 Å². The maximum absolute atomic E-state index is 11.1. The quantitative estimate of drug-likeness (QED) is 0.639. The van der Waals surface area contributed by atoms with Crippen LogP contribution in [0.5, 0.6) is 0 Å². The Kier molecular flexibility index (Phi) is 3.04. The number of carbonyl (C=O) groups is 1. The van der Waals surface area contributed by atoms with Crippen LogP contribution in [0.3, 0.4) is 0 Å². The predicted octanol–water partition coefficient (Wildman–Crippen LogP) is 1.55. The van der Waals surface area contributed by atoms with Gasteiger partial charge in [0.15, 0.2) is 0 Å². The minimum Gasteiger partial charge on any atom is -0.462 e. The molecule has 0 atom stereocenters. The highest BCUT2D eigenvalue weighted by atomic mass is 16.5. The Hall–Kier alpha value is -1.82. The molecule has 0 saturated carbocycles. The first kappa shape index (κ1) is 9.27. The van der Waals surface area contributed by atoms with Crippen molar-refractivity contribution in [3.8, 4) is 6.07 Å². The molecule has 0 heterocycles. The molecule has 0 saturated heterocycles. The minimum atomic E-state index is -0.417. The fraction of sp³-hybridized carbons (Fsp3) is 0.100. The van der Waals surface area contributed by atoms with E-state index in [0.717, 1.165) is 0 Å². The highest BCUT2D eigenvalue weighted by Crippen LogP contribution is 2.04. The molecule has 0 aliphatic rings. The van der Waals surface area contributed by atoms with Gasteiger partial charge in [0, 0.05) is 0 Å². The third-order valence-corrected chi connectivity index (χ3v) is 1.48. The topological polar surface area (TPSA) is 50.1 Å². The lowest BCUT2D eigenvalue weighted by Gasteiger charge is -2.00. The Bertz CT molecular complexity index is 335. The third kappa shape index (κ3) is 2.31. The summed E-state index contributed by atoms with van der Waals surface area (Å²) in [6.45, 7) is 3.50. The van der Waals surface area contributed by atoms with Crippen LogP contribution >= 0.6 is 0 Å². The van der Waals surface area contributed by atoms with Gasteiger partial charge in [-0.25, -0.2) is 4.79 Å². The Morgan fingerprint density at radius 3 is 2.54 bits per heavy atom. The highest BCUT2D eigenvalue weighted by molar-refractivity contribution is 5.89. The molecule has 0 aromatic heterocycles. The Morgan fingerprint density at radius 1 is 1.46 bits per heavy atom. The monoisotopic (exact) mass is 174 g/mol. The first-order valence-electron chi connectivity index (χ1n) is 3.74. The average Bonchev–Trinajstić information content (AvgIpc) is 2.18. The molecular formula is C10H8NO2. The van der Waals surface area contributed by atoms with Gasteiger partial charge in [-0.05, 0) is 31.2 Å². The fourth-order valence-corrected chi connectivity index (χ4v) is 0.857. The standard InChI is InChI=1S/C10H8NO2/c1-2-13-10(12)9-5-3-8(7-11)4-6-9/h3-6H,1-2H2. The van der Waals surface area contributed by atoms with Gasteiger partial charge in [0.25, 0.3) is 0 Å². The van der Waals surface area contributed by atoms with Gasteiger partial charge in [0.2, 0.25) is 0 Å². The summed E-state index contributed by atoms with van der Waals surface area (Å²) in [7, 11) is 0. The molecule has 0 aliphatic heterocycles. The van der Waals surface area contributed by atoms with E-state index in [1.165, 1.54) is 0 Å². The van der Waals surface area contributed by atoms with Crippen molar-refractivity contribution in [3.63, 3.8) is 0 Å². The number of nitriles is 1. The smallest absolute Gasteiger partial charge is 0.338 e. The zero-order chi connectivity index (χ0) is 9.68. The zero-order valence-electron chi connectivity index (χ0n) is 6.99. The molecule has 0 N–H and O–H groups in total. The summed E-state index contributed by atoms with van der Waals surface area (Å²) in [6, 6.07) is 8.20. The zero-order valence-corrected chi connectivity index (χ0v) is 6.99. The summed E-state index contributed by atoms with van der Waals surface area (Å²) in [5.74, 6) is -0.417. The van der Waals surface area contributed by atoms with Crippen molar-refractivity contribution in [2.45, 2.75) is 0 Å². The van der Waals surface area contributed by atoms with E-state index >= 15 is 0 Å². The molecule has 0 fully saturated rings. The van der Waals surface area contributed by atoms with Crippen LogP contribution < -0.4 is 0 Å². The lowest BCUT2D eigenvalue weighted by Crippen LogP contribution is -2.04. The molecule has 3 nitrogen and oxygen atoms in total. The average molecular weight is 174 g/mol. The number of hydrogen-bond acceptors (Lipinski definition) is 3. The second-order valence-electron chi connectivity index (χ2n) is 2.33. The number of nitrogens with zero attached hydrogens (tertiary/aromatic N) is 1. The molecule has 0 amide bonds. The molecule has 3 heteroatoms. The third-order valence-electron chi connectivity index (χ3n) is 1.48. The molecule has 1 rings (SSSR count). The Morgan fingerprint density at radius 2 is 2.08 bits per heavy atom. The van der Waals surface area contributed by atoms with Crippen LogP contribution in [0.4, 0.5) is 0 Å². The second-order valence-corrected chi connectivity index (χ2v) is 2.33. The van der Waals surface area contributed by atoms with Crippen molar-refractivity contribution in [2.75, 3.05) is 6.61 Å². The van der Waals surface area contributed by atoms with E-state index in [0.29, 0.717) is 11.1 Å². The normalized spacial score (nSPS) is 8.92. The van der Waals surface area contributed by atoms with E-state index in [2.05, 4.69) is 11.7 Å². The van der Waals surface area contributed by atoms with Gasteiger partial charge < -0.3 is 4.74 Å². The van der Waals surface area contributed by atoms with Gasteiger partial charge in [0.1, 0.15) is 0 Å². The molecule has 0 spiro atoms. The maximum Gasteiger partial charge on any atom is 0.338 e. The summed E-state index contributed by atoms with van der Waals surface area (Å²) in [5, 5.41) is 8.49. The SMILES string of the molecule is [CH2]COC(=O)c1ccc(C#N)cc1. The van der Waals surface area contributed by atoms with Gasteiger partial charge in [-0.15, -0.1) is 0 Å². The summed E-state index contributed by atoms with van der Waals surface area (Å²) in [5.41, 5.74) is 0.953. The summed E-state index contributed by atoms with van der Waals surface area (Å²) < 4.78 is 4.67. The number of rotatable bonds is 2. The van der Waals surface area contributed by atoms with Crippen molar-refractivity contribution in [1.82, 2.24) is 0 Å². The molecule has 0 aliphatic carbocycles. The first-order chi connectivity index (χ1) is 6.27. The summed E-state index contributed by atoms with van der Waals surface area (Å²) >= 11 is 0. The van der Waals surface area contributed by atoms with Crippen molar-refractivity contribution >= 4 is 5.97 Å². The van der Waals surface area contributed by atoms with Crippen LogP contribution in [0.1, 0.15) is 15.9 Å². The van der Waals surface area contributed by atoms with E-state index in [1.807, 2.05) is 6.07 Å². The second kappa shape index (κ2) is 4.27. The number of carbonyl (C=O) groups excluding carboxylic acids is 1. The first-order valence-corrected chi connectivity index (χ1v) is 3.74. The summed E-state index contributed by atoms with van der Waals surface area (Å²) in [4.78, 5) is 11.1. The van der Waals surface area contributed by atoms with Gasteiger partial charge in [-0.3, -0.25) is 0 Å². The van der Waals surface area contributed by atoms with Gasteiger partial charge in [-0.1, -0.05) is 0 Å². The number of ether oxygens (including phenoxy) is 1. The van der Waals surface area contributed by atoms with Crippen LogP contribution in [0.2, 0.25) is 0 Å². The number of hydrogen-bond donors (Lipinski definition) is 0. The van der Waals surface area contributed by atoms with Crippen LogP contribution in [0.15, 0.2) is 24.3 Å².